The Bertz CT molecular complexity index is 554. The first kappa shape index (κ1) is 14.5. The predicted molar refractivity (Wildman–Crippen MR) is 80.7 cm³/mol. The first-order valence-corrected chi connectivity index (χ1v) is 6.90. The van der Waals surface area contributed by atoms with Gasteiger partial charge in [-0.1, -0.05) is 23.7 Å². The van der Waals surface area contributed by atoms with E-state index < -0.39 is 0 Å². The van der Waals surface area contributed by atoms with E-state index in [1.54, 1.807) is 29.4 Å². The molecule has 20 heavy (non-hydrogen) atoms. The van der Waals surface area contributed by atoms with E-state index in [2.05, 4.69) is 4.98 Å². The van der Waals surface area contributed by atoms with Crippen molar-refractivity contribution in [3.63, 3.8) is 0 Å². The van der Waals surface area contributed by atoms with Gasteiger partial charge in [-0.3, -0.25) is 9.78 Å². The third-order valence-electron chi connectivity index (χ3n) is 3.18. The number of hydrogen-bond donors (Lipinski definition) is 0. The van der Waals surface area contributed by atoms with Crippen molar-refractivity contribution in [2.24, 2.45) is 0 Å². The molecule has 104 valence electrons. The number of rotatable bonds is 5. The third kappa shape index (κ3) is 4.35. The summed E-state index contributed by atoms with van der Waals surface area (Å²) in [5.74, 6) is 0.112. The minimum atomic E-state index is 0.112. The maximum atomic E-state index is 12.1. The van der Waals surface area contributed by atoms with Crippen molar-refractivity contribution in [1.29, 1.82) is 0 Å². The standard InChI is InChI=1S/C16H17ClN2O/c1-19(11-8-13-6-9-18-10-7-13)16(20)12-14-2-4-15(17)5-3-14/h2-7,9-10H,8,11-12H2,1H3. The van der Waals surface area contributed by atoms with Gasteiger partial charge in [-0.25, -0.2) is 0 Å². The van der Waals surface area contributed by atoms with Gasteiger partial charge in [-0.05, 0) is 41.8 Å². The van der Waals surface area contributed by atoms with Crippen LogP contribution in [0.4, 0.5) is 0 Å². The van der Waals surface area contributed by atoms with Gasteiger partial charge in [0.1, 0.15) is 0 Å². The number of hydrogen-bond acceptors (Lipinski definition) is 2. The van der Waals surface area contributed by atoms with Gasteiger partial charge in [0.25, 0.3) is 0 Å². The van der Waals surface area contributed by atoms with Gasteiger partial charge >= 0.3 is 0 Å². The molecular weight excluding hydrogens is 272 g/mol. The SMILES string of the molecule is CN(CCc1ccncc1)C(=O)Cc1ccc(Cl)cc1. The van der Waals surface area contributed by atoms with Crippen LogP contribution >= 0.6 is 11.6 Å². The second-order valence-corrected chi connectivity index (χ2v) is 5.16. The van der Waals surface area contributed by atoms with Crippen molar-refractivity contribution in [2.45, 2.75) is 12.8 Å². The molecule has 1 heterocycles. The number of halogens is 1. The van der Waals surface area contributed by atoms with Gasteiger partial charge in [0.15, 0.2) is 0 Å². The Labute approximate surface area is 124 Å². The Morgan fingerprint density at radius 1 is 1.10 bits per heavy atom. The predicted octanol–water partition coefficient (Wildman–Crippen LogP) is 2.98. The Hall–Kier alpha value is -1.87. The molecule has 2 aromatic rings. The van der Waals surface area contributed by atoms with Crippen molar-refractivity contribution in [1.82, 2.24) is 9.88 Å². The van der Waals surface area contributed by atoms with Crippen LogP contribution in [-0.2, 0) is 17.6 Å². The minimum Gasteiger partial charge on any atom is -0.345 e. The Morgan fingerprint density at radius 3 is 2.40 bits per heavy atom. The van der Waals surface area contributed by atoms with Gasteiger partial charge in [0, 0.05) is 31.0 Å². The molecule has 0 aliphatic rings. The zero-order valence-electron chi connectivity index (χ0n) is 11.4. The zero-order valence-corrected chi connectivity index (χ0v) is 12.2. The van der Waals surface area contributed by atoms with Crippen LogP contribution in [0, 0.1) is 0 Å². The summed E-state index contributed by atoms with van der Waals surface area (Å²) in [6, 6.07) is 11.3. The number of aromatic nitrogens is 1. The molecule has 1 aromatic heterocycles. The molecule has 0 saturated heterocycles. The summed E-state index contributed by atoms with van der Waals surface area (Å²) in [4.78, 5) is 17.8. The van der Waals surface area contributed by atoms with Crippen LogP contribution in [0.1, 0.15) is 11.1 Å². The molecule has 0 aliphatic heterocycles. The zero-order chi connectivity index (χ0) is 14.4. The molecular formula is C16H17ClN2O. The maximum Gasteiger partial charge on any atom is 0.226 e. The lowest BCUT2D eigenvalue weighted by molar-refractivity contribution is -0.129. The smallest absolute Gasteiger partial charge is 0.226 e. The molecule has 0 unspecified atom stereocenters. The molecule has 4 heteroatoms. The Morgan fingerprint density at radius 2 is 1.75 bits per heavy atom. The lowest BCUT2D eigenvalue weighted by Gasteiger charge is -2.17. The van der Waals surface area contributed by atoms with Crippen LogP contribution in [-0.4, -0.2) is 29.4 Å². The average Bonchev–Trinajstić information content (AvgIpc) is 2.48. The quantitative estimate of drug-likeness (QED) is 0.847. The Balaban J connectivity index is 1.84. The van der Waals surface area contributed by atoms with E-state index in [1.807, 2.05) is 31.3 Å². The number of pyridine rings is 1. The summed E-state index contributed by atoms with van der Waals surface area (Å²) >= 11 is 5.83. The number of nitrogens with zero attached hydrogens (tertiary/aromatic N) is 2. The molecule has 2 rings (SSSR count). The van der Waals surface area contributed by atoms with E-state index in [0.717, 1.165) is 12.0 Å². The lowest BCUT2D eigenvalue weighted by Crippen LogP contribution is -2.30. The van der Waals surface area contributed by atoms with Crippen molar-refractivity contribution in [2.75, 3.05) is 13.6 Å². The highest BCUT2D eigenvalue weighted by Crippen LogP contribution is 2.10. The van der Waals surface area contributed by atoms with E-state index in [4.69, 9.17) is 11.6 Å². The lowest BCUT2D eigenvalue weighted by atomic mass is 10.1. The highest BCUT2D eigenvalue weighted by molar-refractivity contribution is 6.30. The van der Waals surface area contributed by atoms with E-state index >= 15 is 0 Å². The fourth-order valence-electron chi connectivity index (χ4n) is 1.88. The molecule has 0 bridgehead atoms. The van der Waals surface area contributed by atoms with Crippen LogP contribution < -0.4 is 0 Å². The average molecular weight is 289 g/mol. The molecule has 0 atom stereocenters. The van der Waals surface area contributed by atoms with Crippen LogP contribution in [0.3, 0.4) is 0 Å². The summed E-state index contributed by atoms with van der Waals surface area (Å²) in [5.41, 5.74) is 2.17. The molecule has 1 amide bonds. The number of benzene rings is 1. The topological polar surface area (TPSA) is 33.2 Å². The molecule has 0 aliphatic carbocycles. The van der Waals surface area contributed by atoms with Crippen LogP contribution in [0.15, 0.2) is 48.8 Å². The van der Waals surface area contributed by atoms with Crippen LogP contribution in [0.5, 0.6) is 0 Å². The van der Waals surface area contributed by atoms with Gasteiger partial charge in [0.2, 0.25) is 5.91 Å². The summed E-state index contributed by atoms with van der Waals surface area (Å²) in [7, 11) is 1.83. The fourth-order valence-corrected chi connectivity index (χ4v) is 2.01. The van der Waals surface area contributed by atoms with Crippen molar-refractivity contribution in [3.05, 3.63) is 64.9 Å². The highest BCUT2D eigenvalue weighted by Gasteiger charge is 2.09. The van der Waals surface area contributed by atoms with Gasteiger partial charge in [-0.2, -0.15) is 0 Å². The first-order valence-electron chi connectivity index (χ1n) is 6.52. The number of amides is 1. The monoisotopic (exact) mass is 288 g/mol. The van der Waals surface area contributed by atoms with Gasteiger partial charge in [-0.15, -0.1) is 0 Å². The summed E-state index contributed by atoms with van der Waals surface area (Å²) in [6.07, 6.45) is 4.78. The van der Waals surface area contributed by atoms with Crippen molar-refractivity contribution < 1.29 is 4.79 Å². The number of carbonyl (C=O) groups excluding carboxylic acids is 1. The third-order valence-corrected chi connectivity index (χ3v) is 3.43. The molecule has 0 radical (unpaired) electrons. The van der Waals surface area contributed by atoms with Gasteiger partial charge < -0.3 is 4.90 Å². The molecule has 0 N–H and O–H groups in total. The van der Waals surface area contributed by atoms with Gasteiger partial charge in [0.05, 0.1) is 6.42 Å². The Kier molecular flexibility index (Phi) is 5.13. The summed E-state index contributed by atoms with van der Waals surface area (Å²) in [5, 5.41) is 0.687. The second kappa shape index (κ2) is 7.06. The van der Waals surface area contributed by atoms with Crippen LogP contribution in [0.25, 0.3) is 0 Å². The molecule has 3 nitrogen and oxygen atoms in total. The van der Waals surface area contributed by atoms with E-state index in [0.29, 0.717) is 18.0 Å². The highest BCUT2D eigenvalue weighted by atomic mass is 35.5. The summed E-state index contributed by atoms with van der Waals surface area (Å²) in [6.45, 7) is 0.705. The maximum absolute atomic E-state index is 12.1. The first-order chi connectivity index (χ1) is 9.65. The summed E-state index contributed by atoms with van der Waals surface area (Å²) < 4.78 is 0. The minimum absolute atomic E-state index is 0.112. The van der Waals surface area contributed by atoms with E-state index in [9.17, 15) is 4.79 Å². The number of likely N-dealkylation sites (N-methyl/N-ethyl adjacent to an activating group) is 1. The van der Waals surface area contributed by atoms with E-state index in [1.165, 1.54) is 5.56 Å². The van der Waals surface area contributed by atoms with Crippen LogP contribution in [0.2, 0.25) is 5.02 Å². The fraction of sp³-hybridized carbons (Fsp3) is 0.250. The molecule has 0 fully saturated rings. The van der Waals surface area contributed by atoms with Crippen molar-refractivity contribution in [3.8, 4) is 0 Å². The molecule has 1 aromatic carbocycles. The second-order valence-electron chi connectivity index (χ2n) is 4.72. The largest absolute Gasteiger partial charge is 0.345 e. The normalized spacial score (nSPS) is 10.3. The van der Waals surface area contributed by atoms with Crippen molar-refractivity contribution >= 4 is 17.5 Å². The van der Waals surface area contributed by atoms with E-state index in [-0.39, 0.29) is 5.91 Å². The molecule has 0 spiro atoms. The number of carbonyl (C=O) groups is 1. The molecule has 0 saturated carbocycles.